The first-order valence-electron chi connectivity index (χ1n) is 7.73. The third-order valence-corrected chi connectivity index (χ3v) is 3.73. The van der Waals surface area contributed by atoms with Crippen LogP contribution in [0.1, 0.15) is 23.9 Å². The van der Waals surface area contributed by atoms with Gasteiger partial charge < -0.3 is 4.74 Å². The molecule has 6 heteroatoms. The molecule has 0 atom stereocenters. The molecule has 0 aliphatic rings. The highest BCUT2D eigenvalue weighted by molar-refractivity contribution is 7.71. The third kappa shape index (κ3) is 3.97. The van der Waals surface area contributed by atoms with Crippen molar-refractivity contribution in [3.8, 4) is 5.75 Å². The maximum Gasteiger partial charge on any atom is 0.216 e. The number of nitrogens with zero attached hydrogens (tertiary/aromatic N) is 3. The van der Waals surface area contributed by atoms with Crippen LogP contribution in [-0.4, -0.2) is 21.1 Å². The largest absolute Gasteiger partial charge is 0.489 e. The molecule has 1 aromatic heterocycles. The zero-order valence-electron chi connectivity index (χ0n) is 13.3. The van der Waals surface area contributed by atoms with Crippen molar-refractivity contribution >= 4 is 18.4 Å². The van der Waals surface area contributed by atoms with Crippen LogP contribution >= 0.6 is 12.2 Å². The predicted octanol–water partition coefficient (Wildman–Crippen LogP) is 3.96. The molecule has 3 aromatic rings. The molecule has 1 N–H and O–H groups in total. The molecule has 0 fully saturated rings. The minimum atomic E-state index is 0.486. The summed E-state index contributed by atoms with van der Waals surface area (Å²) in [4.78, 5) is 0. The van der Waals surface area contributed by atoms with Crippen LogP contribution in [0, 0.1) is 4.77 Å². The number of aromatic nitrogens is 3. The van der Waals surface area contributed by atoms with E-state index in [1.807, 2.05) is 61.5 Å². The lowest BCUT2D eigenvalue weighted by Gasteiger charge is -2.06. The summed E-state index contributed by atoms with van der Waals surface area (Å²) < 4.78 is 7.95. The molecule has 1 heterocycles. The van der Waals surface area contributed by atoms with Crippen LogP contribution in [0.5, 0.6) is 5.75 Å². The monoisotopic (exact) mass is 338 g/mol. The fraction of sp³-hybridized carbons (Fsp3) is 0.167. The lowest BCUT2D eigenvalue weighted by Crippen LogP contribution is -1.98. The third-order valence-electron chi connectivity index (χ3n) is 3.46. The second-order valence-electron chi connectivity index (χ2n) is 5.20. The van der Waals surface area contributed by atoms with E-state index in [2.05, 4.69) is 15.3 Å². The molecule has 0 aliphatic heterocycles. The highest BCUT2D eigenvalue weighted by Crippen LogP contribution is 2.14. The van der Waals surface area contributed by atoms with Gasteiger partial charge in [-0.25, -0.2) is 0 Å². The van der Waals surface area contributed by atoms with E-state index in [4.69, 9.17) is 17.0 Å². The van der Waals surface area contributed by atoms with Gasteiger partial charge in [-0.15, -0.1) is 0 Å². The SMILES string of the molecule is CCc1n[nH]c(=S)n1/N=C\c1cccc(OCc2ccccc2)c1. The van der Waals surface area contributed by atoms with E-state index >= 15 is 0 Å². The molecule has 24 heavy (non-hydrogen) atoms. The van der Waals surface area contributed by atoms with E-state index in [1.54, 1.807) is 10.9 Å². The first kappa shape index (κ1) is 16.1. The Kier molecular flexibility index (Phi) is 5.18. The van der Waals surface area contributed by atoms with Crippen molar-refractivity contribution in [1.82, 2.24) is 14.9 Å². The number of hydrogen-bond acceptors (Lipinski definition) is 4. The van der Waals surface area contributed by atoms with E-state index < -0.39 is 0 Å². The smallest absolute Gasteiger partial charge is 0.216 e. The molecule has 122 valence electrons. The molecule has 0 amide bonds. The zero-order valence-corrected chi connectivity index (χ0v) is 14.2. The molecule has 3 rings (SSSR count). The minimum Gasteiger partial charge on any atom is -0.489 e. The molecule has 0 bridgehead atoms. The topological polar surface area (TPSA) is 55.2 Å². The van der Waals surface area contributed by atoms with E-state index in [9.17, 15) is 0 Å². The molecular weight excluding hydrogens is 320 g/mol. The highest BCUT2D eigenvalue weighted by Gasteiger charge is 2.02. The van der Waals surface area contributed by atoms with Crippen molar-refractivity contribution in [1.29, 1.82) is 0 Å². The average Bonchev–Trinajstić information content (AvgIpc) is 2.99. The van der Waals surface area contributed by atoms with Crippen LogP contribution in [0.15, 0.2) is 59.7 Å². The summed E-state index contributed by atoms with van der Waals surface area (Å²) in [6.07, 6.45) is 2.50. The predicted molar refractivity (Wildman–Crippen MR) is 97.0 cm³/mol. The number of aryl methyl sites for hydroxylation is 1. The second-order valence-corrected chi connectivity index (χ2v) is 5.59. The van der Waals surface area contributed by atoms with Gasteiger partial charge in [-0.2, -0.15) is 14.9 Å². The fourth-order valence-electron chi connectivity index (χ4n) is 2.22. The van der Waals surface area contributed by atoms with Gasteiger partial charge in [0.1, 0.15) is 12.4 Å². The first-order chi connectivity index (χ1) is 11.8. The molecule has 0 saturated carbocycles. The van der Waals surface area contributed by atoms with Gasteiger partial charge in [0.15, 0.2) is 5.82 Å². The van der Waals surface area contributed by atoms with Gasteiger partial charge in [0.05, 0.1) is 6.21 Å². The van der Waals surface area contributed by atoms with Gasteiger partial charge in [-0.1, -0.05) is 49.4 Å². The number of aromatic amines is 1. The summed E-state index contributed by atoms with van der Waals surface area (Å²) >= 11 is 5.18. The Morgan fingerprint density at radius 3 is 2.83 bits per heavy atom. The molecule has 0 spiro atoms. The van der Waals surface area contributed by atoms with Gasteiger partial charge in [0, 0.05) is 6.42 Å². The van der Waals surface area contributed by atoms with E-state index in [0.29, 0.717) is 11.4 Å². The van der Waals surface area contributed by atoms with E-state index in [0.717, 1.165) is 29.1 Å². The fourth-order valence-corrected chi connectivity index (χ4v) is 2.42. The summed E-state index contributed by atoms with van der Waals surface area (Å²) in [7, 11) is 0. The van der Waals surface area contributed by atoms with Gasteiger partial charge >= 0.3 is 0 Å². The molecular formula is C18H18N4OS. The quantitative estimate of drug-likeness (QED) is 0.547. The maximum absolute atomic E-state index is 5.83. The normalized spacial score (nSPS) is 11.0. The summed E-state index contributed by atoms with van der Waals surface area (Å²) in [6.45, 7) is 2.54. The van der Waals surface area contributed by atoms with Gasteiger partial charge in [-0.3, -0.25) is 5.10 Å². The number of nitrogens with one attached hydrogen (secondary N) is 1. The standard InChI is InChI=1S/C18H18N4OS/c1-2-17-20-21-18(24)22(17)19-12-15-9-6-10-16(11-15)23-13-14-7-4-3-5-8-14/h3-12H,2,13H2,1H3,(H,21,24)/b19-12-. The molecule has 0 aliphatic carbocycles. The molecule has 2 aromatic carbocycles. The lowest BCUT2D eigenvalue weighted by atomic mass is 10.2. The number of ether oxygens (including phenoxy) is 1. The summed E-state index contributed by atoms with van der Waals surface area (Å²) in [6, 6.07) is 17.9. The van der Waals surface area contributed by atoms with Crippen molar-refractivity contribution in [3.05, 3.63) is 76.3 Å². The van der Waals surface area contributed by atoms with Gasteiger partial charge in [0.2, 0.25) is 4.77 Å². The van der Waals surface area contributed by atoms with Gasteiger partial charge in [-0.05, 0) is 35.5 Å². The Morgan fingerprint density at radius 2 is 2.04 bits per heavy atom. The van der Waals surface area contributed by atoms with Crippen LogP contribution in [0.25, 0.3) is 0 Å². The Labute approximate surface area is 145 Å². The number of H-pyrrole nitrogens is 1. The van der Waals surface area contributed by atoms with E-state index in [1.165, 1.54) is 0 Å². The molecule has 5 nitrogen and oxygen atoms in total. The van der Waals surface area contributed by atoms with Crippen molar-refractivity contribution in [3.63, 3.8) is 0 Å². The van der Waals surface area contributed by atoms with Crippen LogP contribution in [0.3, 0.4) is 0 Å². The lowest BCUT2D eigenvalue weighted by molar-refractivity contribution is 0.306. The Bertz CT molecular complexity index is 883. The molecule has 0 radical (unpaired) electrons. The van der Waals surface area contributed by atoms with Crippen molar-refractivity contribution in [2.45, 2.75) is 20.0 Å². The van der Waals surface area contributed by atoms with Crippen molar-refractivity contribution in [2.75, 3.05) is 0 Å². The minimum absolute atomic E-state index is 0.486. The average molecular weight is 338 g/mol. The maximum atomic E-state index is 5.83. The summed E-state index contributed by atoms with van der Waals surface area (Å²) in [5.74, 6) is 1.60. The Balaban J connectivity index is 1.72. The zero-order chi connectivity index (χ0) is 16.8. The summed E-state index contributed by atoms with van der Waals surface area (Å²) in [5, 5.41) is 11.3. The van der Waals surface area contributed by atoms with Crippen molar-refractivity contribution < 1.29 is 4.74 Å². The van der Waals surface area contributed by atoms with E-state index in [-0.39, 0.29) is 0 Å². The summed E-state index contributed by atoms with van der Waals surface area (Å²) in [5.41, 5.74) is 2.07. The first-order valence-corrected chi connectivity index (χ1v) is 8.14. The number of benzene rings is 2. The highest BCUT2D eigenvalue weighted by atomic mass is 32.1. The van der Waals surface area contributed by atoms with Crippen LogP contribution in [0.2, 0.25) is 0 Å². The van der Waals surface area contributed by atoms with Crippen LogP contribution in [-0.2, 0) is 13.0 Å². The molecule has 0 saturated heterocycles. The van der Waals surface area contributed by atoms with Crippen LogP contribution in [0.4, 0.5) is 0 Å². The number of rotatable bonds is 6. The van der Waals surface area contributed by atoms with Crippen molar-refractivity contribution in [2.24, 2.45) is 5.10 Å². The van der Waals surface area contributed by atoms with Crippen LogP contribution < -0.4 is 4.74 Å². The second kappa shape index (κ2) is 7.70. The van der Waals surface area contributed by atoms with Gasteiger partial charge in [0.25, 0.3) is 0 Å². The molecule has 0 unspecified atom stereocenters. The Hall–Kier alpha value is -2.73. The number of hydrogen-bond donors (Lipinski definition) is 1. The Morgan fingerprint density at radius 1 is 1.21 bits per heavy atom.